The lowest BCUT2D eigenvalue weighted by Crippen LogP contribution is -2.11. The van der Waals surface area contributed by atoms with Gasteiger partial charge >= 0.3 is 6.18 Å². The first-order chi connectivity index (χ1) is 13.3. The Kier molecular flexibility index (Phi) is 5.79. The molecule has 0 unspecified atom stereocenters. The van der Waals surface area contributed by atoms with Crippen molar-refractivity contribution in [2.75, 3.05) is 12.5 Å². The quantitative estimate of drug-likeness (QED) is 0.463. The fraction of sp³-hybridized carbons (Fsp3) is 0.105. The van der Waals surface area contributed by atoms with Gasteiger partial charge in [-0.15, -0.1) is 0 Å². The van der Waals surface area contributed by atoms with Crippen LogP contribution in [0.4, 0.5) is 19.1 Å². The molecule has 0 aliphatic rings. The number of nitrogens with one attached hydrogen (secondary N) is 1. The number of hydrazone groups is 1. The standard InChI is InChI=1S/C19H14ClF3N4O/c1-28-15-8-2-12(3-9-15)11-24-27-18-25-16(10-17(26-18)19(21,22)23)13-4-6-14(20)7-5-13/h2-11H,1H3,(H,25,26,27)/b24-11+. The highest BCUT2D eigenvalue weighted by Gasteiger charge is 2.33. The molecule has 3 rings (SSSR count). The summed E-state index contributed by atoms with van der Waals surface area (Å²) < 4.78 is 44.6. The van der Waals surface area contributed by atoms with Crippen LogP contribution in [0.15, 0.2) is 59.7 Å². The van der Waals surface area contributed by atoms with Crippen molar-refractivity contribution >= 4 is 23.8 Å². The third kappa shape index (κ3) is 4.98. The smallest absolute Gasteiger partial charge is 0.433 e. The molecule has 0 fully saturated rings. The highest BCUT2D eigenvalue weighted by atomic mass is 35.5. The molecule has 2 aromatic carbocycles. The molecule has 144 valence electrons. The van der Waals surface area contributed by atoms with Gasteiger partial charge in [-0.05, 0) is 48.0 Å². The fourth-order valence-corrected chi connectivity index (χ4v) is 2.39. The topological polar surface area (TPSA) is 59.4 Å². The van der Waals surface area contributed by atoms with Crippen LogP contribution < -0.4 is 10.2 Å². The Labute approximate surface area is 163 Å². The normalized spacial score (nSPS) is 11.6. The molecule has 0 bridgehead atoms. The van der Waals surface area contributed by atoms with Gasteiger partial charge in [-0.1, -0.05) is 23.7 Å². The zero-order valence-electron chi connectivity index (χ0n) is 14.5. The molecule has 0 aliphatic carbocycles. The van der Waals surface area contributed by atoms with Crippen molar-refractivity contribution < 1.29 is 17.9 Å². The number of alkyl halides is 3. The van der Waals surface area contributed by atoms with Crippen LogP contribution in [-0.2, 0) is 6.18 Å². The predicted octanol–water partition coefficient (Wildman–Crippen LogP) is 5.27. The summed E-state index contributed by atoms with van der Waals surface area (Å²) >= 11 is 5.83. The second-order valence-electron chi connectivity index (χ2n) is 5.61. The number of nitrogens with zero attached hydrogens (tertiary/aromatic N) is 3. The molecule has 1 heterocycles. The maximum atomic E-state index is 13.2. The van der Waals surface area contributed by atoms with E-state index in [9.17, 15) is 13.2 Å². The van der Waals surface area contributed by atoms with Gasteiger partial charge in [0.2, 0.25) is 5.95 Å². The molecular weight excluding hydrogens is 393 g/mol. The van der Waals surface area contributed by atoms with Crippen molar-refractivity contribution in [3.8, 4) is 17.0 Å². The van der Waals surface area contributed by atoms with Crippen LogP contribution in [0.1, 0.15) is 11.3 Å². The molecular formula is C19H14ClF3N4O. The van der Waals surface area contributed by atoms with Gasteiger partial charge in [0.25, 0.3) is 0 Å². The van der Waals surface area contributed by atoms with Gasteiger partial charge in [-0.25, -0.2) is 15.4 Å². The summed E-state index contributed by atoms with van der Waals surface area (Å²) in [5, 5.41) is 4.38. The molecule has 0 radical (unpaired) electrons. The molecule has 9 heteroatoms. The summed E-state index contributed by atoms with van der Waals surface area (Å²) in [6.07, 6.45) is -3.19. The lowest BCUT2D eigenvalue weighted by atomic mass is 10.1. The number of rotatable bonds is 5. The molecule has 1 aromatic heterocycles. The van der Waals surface area contributed by atoms with E-state index in [2.05, 4.69) is 20.5 Å². The second kappa shape index (κ2) is 8.26. The summed E-state index contributed by atoms with van der Waals surface area (Å²) in [5.74, 6) is 0.406. The SMILES string of the molecule is COc1ccc(/C=N/Nc2nc(-c3ccc(Cl)cc3)cc(C(F)(F)F)n2)cc1. The van der Waals surface area contributed by atoms with Gasteiger partial charge in [0.1, 0.15) is 5.75 Å². The molecule has 0 saturated heterocycles. The zero-order chi connectivity index (χ0) is 20.1. The highest BCUT2D eigenvalue weighted by molar-refractivity contribution is 6.30. The summed E-state index contributed by atoms with van der Waals surface area (Å²) in [6.45, 7) is 0. The Morgan fingerprint density at radius 3 is 2.32 bits per heavy atom. The Hall–Kier alpha value is -3.13. The second-order valence-corrected chi connectivity index (χ2v) is 6.05. The van der Waals surface area contributed by atoms with Crippen LogP contribution in [0.25, 0.3) is 11.3 Å². The number of anilines is 1. The maximum Gasteiger partial charge on any atom is 0.433 e. The molecule has 0 spiro atoms. The van der Waals surface area contributed by atoms with Crippen molar-refractivity contribution in [2.24, 2.45) is 5.10 Å². The van der Waals surface area contributed by atoms with E-state index in [1.54, 1.807) is 55.6 Å². The number of hydrogen-bond donors (Lipinski definition) is 1. The van der Waals surface area contributed by atoms with E-state index in [0.717, 1.165) is 11.6 Å². The summed E-state index contributed by atoms with van der Waals surface area (Å²) in [4.78, 5) is 7.61. The number of hydrogen-bond acceptors (Lipinski definition) is 5. The van der Waals surface area contributed by atoms with Gasteiger partial charge in [-0.2, -0.15) is 18.3 Å². The average molecular weight is 407 g/mol. The van der Waals surface area contributed by atoms with Gasteiger partial charge in [0, 0.05) is 10.6 Å². The Morgan fingerprint density at radius 2 is 1.71 bits per heavy atom. The number of halogens is 4. The first-order valence-electron chi connectivity index (χ1n) is 8.00. The highest BCUT2D eigenvalue weighted by Crippen LogP contribution is 2.31. The third-order valence-corrected chi connectivity index (χ3v) is 3.90. The van der Waals surface area contributed by atoms with Crippen molar-refractivity contribution in [3.63, 3.8) is 0 Å². The first kappa shape index (κ1) is 19.6. The van der Waals surface area contributed by atoms with E-state index >= 15 is 0 Å². The number of aromatic nitrogens is 2. The minimum Gasteiger partial charge on any atom is -0.497 e. The van der Waals surface area contributed by atoms with Crippen LogP contribution in [0.5, 0.6) is 5.75 Å². The van der Waals surface area contributed by atoms with E-state index in [0.29, 0.717) is 16.3 Å². The number of ether oxygens (including phenoxy) is 1. The first-order valence-corrected chi connectivity index (χ1v) is 8.38. The monoisotopic (exact) mass is 406 g/mol. The minimum absolute atomic E-state index is 0.0983. The minimum atomic E-state index is -4.62. The van der Waals surface area contributed by atoms with Crippen LogP contribution in [0.2, 0.25) is 5.02 Å². The largest absolute Gasteiger partial charge is 0.497 e. The lowest BCUT2D eigenvalue weighted by Gasteiger charge is -2.10. The van der Waals surface area contributed by atoms with Gasteiger partial charge in [0.15, 0.2) is 5.69 Å². The summed E-state index contributed by atoms with van der Waals surface area (Å²) in [6, 6.07) is 14.1. The van der Waals surface area contributed by atoms with E-state index in [-0.39, 0.29) is 11.6 Å². The molecule has 3 aromatic rings. The van der Waals surface area contributed by atoms with E-state index < -0.39 is 11.9 Å². The number of benzene rings is 2. The van der Waals surface area contributed by atoms with Gasteiger partial charge in [0.05, 0.1) is 19.0 Å². The number of methoxy groups -OCH3 is 1. The molecule has 0 atom stereocenters. The van der Waals surface area contributed by atoms with Crippen LogP contribution >= 0.6 is 11.6 Å². The predicted molar refractivity (Wildman–Crippen MR) is 102 cm³/mol. The fourth-order valence-electron chi connectivity index (χ4n) is 2.27. The zero-order valence-corrected chi connectivity index (χ0v) is 15.3. The van der Waals surface area contributed by atoms with E-state index in [1.807, 2.05) is 0 Å². The summed E-state index contributed by atoms with van der Waals surface area (Å²) in [7, 11) is 1.55. The van der Waals surface area contributed by atoms with E-state index in [4.69, 9.17) is 16.3 Å². The molecule has 28 heavy (non-hydrogen) atoms. The van der Waals surface area contributed by atoms with Crippen LogP contribution in [-0.4, -0.2) is 23.3 Å². The Bertz CT molecular complexity index is 974. The van der Waals surface area contributed by atoms with Crippen molar-refractivity contribution in [2.45, 2.75) is 6.18 Å². The Balaban J connectivity index is 1.87. The van der Waals surface area contributed by atoms with Crippen LogP contribution in [0.3, 0.4) is 0 Å². The average Bonchev–Trinajstić information content (AvgIpc) is 2.68. The van der Waals surface area contributed by atoms with Gasteiger partial charge in [-0.3, -0.25) is 0 Å². The molecule has 1 N–H and O–H groups in total. The summed E-state index contributed by atoms with van der Waals surface area (Å²) in [5.41, 5.74) is 2.66. The molecule has 0 aliphatic heterocycles. The van der Waals surface area contributed by atoms with Crippen LogP contribution in [0, 0.1) is 0 Å². The molecule has 0 saturated carbocycles. The van der Waals surface area contributed by atoms with Gasteiger partial charge < -0.3 is 4.74 Å². The van der Waals surface area contributed by atoms with Crippen molar-refractivity contribution in [1.82, 2.24) is 9.97 Å². The maximum absolute atomic E-state index is 13.2. The van der Waals surface area contributed by atoms with Crippen molar-refractivity contribution in [3.05, 3.63) is 70.9 Å². The molecule has 0 amide bonds. The Morgan fingerprint density at radius 1 is 1.04 bits per heavy atom. The van der Waals surface area contributed by atoms with E-state index in [1.165, 1.54) is 6.21 Å². The van der Waals surface area contributed by atoms with Crippen molar-refractivity contribution in [1.29, 1.82) is 0 Å². The molecule has 5 nitrogen and oxygen atoms in total. The third-order valence-electron chi connectivity index (χ3n) is 3.65. The lowest BCUT2D eigenvalue weighted by molar-refractivity contribution is -0.141.